The molecule has 0 aromatic carbocycles. The fourth-order valence-corrected chi connectivity index (χ4v) is 3.63. The molecule has 2 fully saturated rings. The van der Waals surface area contributed by atoms with Crippen molar-refractivity contribution in [3.05, 3.63) is 18.6 Å². The molecule has 5 nitrogen and oxygen atoms in total. The van der Waals surface area contributed by atoms with Gasteiger partial charge in [-0.1, -0.05) is 0 Å². The maximum absolute atomic E-state index is 4.41. The van der Waals surface area contributed by atoms with Gasteiger partial charge >= 0.3 is 0 Å². The molecule has 1 unspecified atom stereocenters. The number of rotatable bonds is 4. The lowest BCUT2D eigenvalue weighted by Crippen LogP contribution is -2.46. The van der Waals surface area contributed by atoms with Crippen LogP contribution >= 0.6 is 0 Å². The average Bonchev–Trinajstić information content (AvgIpc) is 2.57. The van der Waals surface area contributed by atoms with Gasteiger partial charge in [-0.05, 0) is 51.7 Å². The first kappa shape index (κ1) is 14.7. The van der Waals surface area contributed by atoms with Crippen molar-refractivity contribution in [1.29, 1.82) is 0 Å². The Kier molecular flexibility index (Phi) is 5.04. The minimum absolute atomic E-state index is 0.722. The van der Waals surface area contributed by atoms with Crippen LogP contribution in [0.2, 0.25) is 0 Å². The Hall–Kier alpha value is -1.20. The molecule has 0 amide bonds. The van der Waals surface area contributed by atoms with Crippen molar-refractivity contribution in [1.82, 2.24) is 20.2 Å². The molecule has 0 saturated carbocycles. The van der Waals surface area contributed by atoms with E-state index in [4.69, 9.17) is 0 Å². The maximum atomic E-state index is 4.41. The first-order valence-corrected chi connectivity index (χ1v) is 8.25. The van der Waals surface area contributed by atoms with Crippen LogP contribution in [0.5, 0.6) is 0 Å². The summed E-state index contributed by atoms with van der Waals surface area (Å²) in [5.41, 5.74) is 0. The summed E-state index contributed by atoms with van der Waals surface area (Å²) >= 11 is 0. The predicted octanol–water partition coefficient (Wildman–Crippen LogP) is 1.38. The first-order chi connectivity index (χ1) is 10.3. The summed E-state index contributed by atoms with van der Waals surface area (Å²) in [6.07, 6.45) is 10.6. The molecule has 2 saturated heterocycles. The lowest BCUT2D eigenvalue weighted by Gasteiger charge is -2.39. The highest BCUT2D eigenvalue weighted by molar-refractivity contribution is 5.35. The van der Waals surface area contributed by atoms with Crippen molar-refractivity contribution in [3.63, 3.8) is 0 Å². The summed E-state index contributed by atoms with van der Waals surface area (Å²) in [6.45, 7) is 5.83. The zero-order valence-corrected chi connectivity index (χ0v) is 13.0. The average molecular weight is 289 g/mol. The van der Waals surface area contributed by atoms with Crippen LogP contribution in [0.4, 0.5) is 5.82 Å². The van der Waals surface area contributed by atoms with E-state index in [0.29, 0.717) is 0 Å². The molecule has 1 aromatic rings. The second-order valence-electron chi connectivity index (χ2n) is 6.43. The van der Waals surface area contributed by atoms with Crippen LogP contribution in [0.1, 0.15) is 25.7 Å². The third-order valence-electron chi connectivity index (χ3n) is 4.91. The van der Waals surface area contributed by atoms with Crippen LogP contribution in [0.3, 0.4) is 0 Å². The lowest BCUT2D eigenvalue weighted by atomic mass is 9.97. The van der Waals surface area contributed by atoms with E-state index in [9.17, 15) is 0 Å². The standard InChI is InChI=1S/C16H27N5/c1-20(13-14-3-2-6-17-11-14)15-4-9-21(10-5-15)16-12-18-7-8-19-16/h7-8,12,14-15,17H,2-6,9-11,13H2,1H3. The van der Waals surface area contributed by atoms with Gasteiger partial charge < -0.3 is 15.1 Å². The van der Waals surface area contributed by atoms with Gasteiger partial charge in [0.25, 0.3) is 0 Å². The van der Waals surface area contributed by atoms with Gasteiger partial charge in [-0.2, -0.15) is 0 Å². The third kappa shape index (κ3) is 3.92. The first-order valence-electron chi connectivity index (χ1n) is 8.25. The zero-order chi connectivity index (χ0) is 14.5. The minimum Gasteiger partial charge on any atom is -0.355 e. The Morgan fingerprint density at radius 2 is 2.14 bits per heavy atom. The van der Waals surface area contributed by atoms with Crippen molar-refractivity contribution >= 4 is 5.82 Å². The second kappa shape index (κ2) is 7.18. The van der Waals surface area contributed by atoms with Gasteiger partial charge in [-0.15, -0.1) is 0 Å². The summed E-state index contributed by atoms with van der Waals surface area (Å²) in [4.78, 5) is 13.5. The summed E-state index contributed by atoms with van der Waals surface area (Å²) in [6, 6.07) is 0.722. The molecular weight excluding hydrogens is 262 g/mol. The maximum Gasteiger partial charge on any atom is 0.147 e. The quantitative estimate of drug-likeness (QED) is 0.907. The minimum atomic E-state index is 0.722. The number of hydrogen-bond donors (Lipinski definition) is 1. The Bertz CT molecular complexity index is 410. The summed E-state index contributed by atoms with van der Waals surface area (Å²) in [5.74, 6) is 1.86. The van der Waals surface area contributed by atoms with Gasteiger partial charge in [0.15, 0.2) is 0 Å². The molecular formula is C16H27N5. The molecule has 0 bridgehead atoms. The van der Waals surface area contributed by atoms with Crippen molar-refractivity contribution in [2.45, 2.75) is 31.7 Å². The van der Waals surface area contributed by atoms with Crippen LogP contribution in [0, 0.1) is 5.92 Å². The molecule has 5 heteroatoms. The van der Waals surface area contributed by atoms with E-state index in [0.717, 1.165) is 30.9 Å². The summed E-state index contributed by atoms with van der Waals surface area (Å²) < 4.78 is 0. The van der Waals surface area contributed by atoms with Crippen LogP contribution in [0.15, 0.2) is 18.6 Å². The number of aromatic nitrogens is 2. The van der Waals surface area contributed by atoms with E-state index in [1.54, 1.807) is 12.4 Å². The van der Waals surface area contributed by atoms with Gasteiger partial charge in [-0.3, -0.25) is 4.98 Å². The van der Waals surface area contributed by atoms with E-state index in [2.05, 4.69) is 32.1 Å². The zero-order valence-electron chi connectivity index (χ0n) is 13.0. The molecule has 3 heterocycles. The smallest absolute Gasteiger partial charge is 0.147 e. The molecule has 2 aliphatic rings. The van der Waals surface area contributed by atoms with E-state index >= 15 is 0 Å². The Labute approximate surface area is 127 Å². The van der Waals surface area contributed by atoms with Crippen molar-refractivity contribution in [2.24, 2.45) is 5.92 Å². The summed E-state index contributed by atoms with van der Waals surface area (Å²) in [7, 11) is 2.30. The van der Waals surface area contributed by atoms with Crippen LogP contribution in [0.25, 0.3) is 0 Å². The number of hydrogen-bond acceptors (Lipinski definition) is 5. The number of piperidine rings is 2. The second-order valence-corrected chi connectivity index (χ2v) is 6.43. The molecule has 1 aromatic heterocycles. The van der Waals surface area contributed by atoms with Gasteiger partial charge in [0.05, 0.1) is 6.20 Å². The van der Waals surface area contributed by atoms with Crippen LogP contribution in [-0.2, 0) is 0 Å². The fourth-order valence-electron chi connectivity index (χ4n) is 3.63. The van der Waals surface area contributed by atoms with Crippen LogP contribution < -0.4 is 10.2 Å². The van der Waals surface area contributed by atoms with Crippen molar-refractivity contribution < 1.29 is 0 Å². The highest BCUT2D eigenvalue weighted by atomic mass is 15.2. The molecule has 116 valence electrons. The van der Waals surface area contributed by atoms with E-state index in [1.807, 2.05) is 6.20 Å². The van der Waals surface area contributed by atoms with Crippen molar-refractivity contribution in [3.8, 4) is 0 Å². The highest BCUT2D eigenvalue weighted by Crippen LogP contribution is 2.21. The normalized spacial score (nSPS) is 24.5. The third-order valence-corrected chi connectivity index (χ3v) is 4.91. The van der Waals surface area contributed by atoms with E-state index in [-0.39, 0.29) is 0 Å². The lowest BCUT2D eigenvalue weighted by molar-refractivity contribution is 0.166. The molecule has 3 rings (SSSR count). The summed E-state index contributed by atoms with van der Waals surface area (Å²) in [5, 5.41) is 3.52. The van der Waals surface area contributed by atoms with Gasteiger partial charge in [0.1, 0.15) is 5.82 Å². The molecule has 0 aliphatic carbocycles. The molecule has 1 atom stereocenters. The Morgan fingerprint density at radius 3 is 2.81 bits per heavy atom. The molecule has 0 spiro atoms. The number of nitrogens with one attached hydrogen (secondary N) is 1. The van der Waals surface area contributed by atoms with Gasteiger partial charge in [0.2, 0.25) is 0 Å². The topological polar surface area (TPSA) is 44.3 Å². The van der Waals surface area contributed by atoms with Crippen molar-refractivity contribution in [2.75, 3.05) is 44.7 Å². The molecule has 1 N–H and O–H groups in total. The Balaban J connectivity index is 1.46. The fraction of sp³-hybridized carbons (Fsp3) is 0.750. The van der Waals surface area contributed by atoms with Gasteiger partial charge in [-0.25, -0.2) is 4.98 Å². The van der Waals surface area contributed by atoms with Crippen LogP contribution in [-0.4, -0.2) is 60.7 Å². The number of anilines is 1. The predicted molar refractivity (Wildman–Crippen MR) is 85.5 cm³/mol. The Morgan fingerprint density at radius 1 is 1.29 bits per heavy atom. The van der Waals surface area contributed by atoms with Gasteiger partial charge in [0, 0.05) is 38.1 Å². The van der Waals surface area contributed by atoms with E-state index < -0.39 is 0 Å². The SMILES string of the molecule is CN(CC1CCCNC1)C1CCN(c2cnccn2)CC1. The molecule has 2 aliphatic heterocycles. The highest BCUT2D eigenvalue weighted by Gasteiger charge is 2.25. The van der Waals surface area contributed by atoms with E-state index in [1.165, 1.54) is 45.3 Å². The largest absolute Gasteiger partial charge is 0.355 e. The number of nitrogens with zero attached hydrogens (tertiary/aromatic N) is 4. The monoisotopic (exact) mass is 289 g/mol. The molecule has 21 heavy (non-hydrogen) atoms. The molecule has 0 radical (unpaired) electrons.